The van der Waals surface area contributed by atoms with Gasteiger partial charge in [-0.05, 0) is 12.2 Å². The van der Waals surface area contributed by atoms with E-state index in [0.717, 1.165) is 29.4 Å². The van der Waals surface area contributed by atoms with Crippen LogP contribution in [0.3, 0.4) is 0 Å². The molecule has 0 aliphatic rings. The molecule has 0 rings (SSSR count). The van der Waals surface area contributed by atoms with Gasteiger partial charge in [-0.3, -0.25) is 0 Å². The number of rotatable bonds is 9. The third-order valence-corrected chi connectivity index (χ3v) is 6.47. The molecule has 0 aliphatic heterocycles. The van der Waals surface area contributed by atoms with Crippen molar-refractivity contribution >= 4 is 61.4 Å². The summed E-state index contributed by atoms with van der Waals surface area (Å²) < 4.78 is 0. The highest BCUT2D eigenvalue weighted by Gasteiger charge is 2.08. The highest BCUT2D eigenvalue weighted by atomic mass is 32.2. The van der Waals surface area contributed by atoms with Crippen LogP contribution in [0.25, 0.3) is 0 Å². The number of thiol groups is 3. The second kappa shape index (κ2) is 11.2. The Bertz CT molecular complexity index is 120. The zero-order valence-electron chi connectivity index (χ0n) is 8.56. The molecular formula is C9H20S5. The van der Waals surface area contributed by atoms with E-state index >= 15 is 0 Å². The predicted molar refractivity (Wildman–Crippen MR) is 84.3 cm³/mol. The zero-order valence-corrected chi connectivity index (χ0v) is 12.9. The lowest BCUT2D eigenvalue weighted by atomic mass is 10.4. The second-order valence-electron chi connectivity index (χ2n) is 3.00. The molecule has 5 heteroatoms. The molecule has 0 spiro atoms. The Labute approximate surface area is 113 Å². The summed E-state index contributed by atoms with van der Waals surface area (Å²) in [6.45, 7) is 2.18. The zero-order chi connectivity index (χ0) is 10.8. The van der Waals surface area contributed by atoms with E-state index in [1.807, 2.05) is 23.5 Å². The van der Waals surface area contributed by atoms with Crippen molar-refractivity contribution in [2.45, 2.75) is 23.8 Å². The van der Waals surface area contributed by atoms with Gasteiger partial charge >= 0.3 is 0 Å². The van der Waals surface area contributed by atoms with Crippen molar-refractivity contribution in [3.8, 4) is 0 Å². The molecule has 0 saturated heterocycles. The summed E-state index contributed by atoms with van der Waals surface area (Å²) in [5.41, 5.74) is 0. The lowest BCUT2D eigenvalue weighted by Gasteiger charge is -2.14. The van der Waals surface area contributed by atoms with Gasteiger partial charge in [0.1, 0.15) is 0 Å². The van der Waals surface area contributed by atoms with E-state index in [-0.39, 0.29) is 0 Å². The molecule has 86 valence electrons. The molecular weight excluding hydrogens is 268 g/mol. The van der Waals surface area contributed by atoms with Crippen molar-refractivity contribution in [3.05, 3.63) is 0 Å². The Morgan fingerprint density at radius 2 is 1.93 bits per heavy atom. The molecule has 0 heterocycles. The normalized spacial score (nSPS) is 15.4. The Morgan fingerprint density at radius 3 is 2.43 bits per heavy atom. The Balaban J connectivity index is 3.42. The van der Waals surface area contributed by atoms with E-state index in [9.17, 15) is 0 Å². The summed E-state index contributed by atoms with van der Waals surface area (Å²) >= 11 is 17.0. The highest BCUT2D eigenvalue weighted by molar-refractivity contribution is 8.04. The number of hydrogen-bond donors (Lipinski definition) is 3. The summed E-state index contributed by atoms with van der Waals surface area (Å²) in [5, 5.41) is 1.23. The average Bonchev–Trinajstić information content (AvgIpc) is 2.22. The Morgan fingerprint density at radius 1 is 1.21 bits per heavy atom. The van der Waals surface area contributed by atoms with Crippen LogP contribution >= 0.6 is 61.4 Å². The van der Waals surface area contributed by atoms with Crippen LogP contribution in [-0.2, 0) is 0 Å². The van der Waals surface area contributed by atoms with Gasteiger partial charge in [0, 0.05) is 33.5 Å². The molecule has 0 amide bonds. The fraction of sp³-hybridized carbons (Fsp3) is 1.00. The Hall–Kier alpha value is 1.75. The van der Waals surface area contributed by atoms with Crippen LogP contribution < -0.4 is 0 Å². The summed E-state index contributed by atoms with van der Waals surface area (Å²) in [5.74, 6) is 5.41. The average molecular weight is 289 g/mol. The molecule has 0 aromatic rings. The fourth-order valence-electron chi connectivity index (χ4n) is 0.826. The number of thioether (sulfide) groups is 2. The van der Waals surface area contributed by atoms with Gasteiger partial charge < -0.3 is 0 Å². The lowest BCUT2D eigenvalue weighted by Crippen LogP contribution is -2.12. The summed E-state index contributed by atoms with van der Waals surface area (Å²) in [6.07, 6.45) is 1.16. The lowest BCUT2D eigenvalue weighted by molar-refractivity contribution is 0.922. The van der Waals surface area contributed by atoms with Crippen LogP contribution in [0.2, 0.25) is 0 Å². The third-order valence-electron chi connectivity index (χ3n) is 1.73. The minimum absolute atomic E-state index is 0.551. The molecule has 0 bridgehead atoms. The van der Waals surface area contributed by atoms with Gasteiger partial charge in [-0.1, -0.05) is 6.92 Å². The van der Waals surface area contributed by atoms with Crippen molar-refractivity contribution in [2.75, 3.05) is 28.8 Å². The largest absolute Gasteiger partial charge is 0.179 e. The number of hydrogen-bond acceptors (Lipinski definition) is 5. The summed E-state index contributed by atoms with van der Waals surface area (Å²) in [4.78, 5) is 0. The minimum Gasteiger partial charge on any atom is -0.179 e. The van der Waals surface area contributed by atoms with Gasteiger partial charge in [-0.2, -0.15) is 61.4 Å². The maximum atomic E-state index is 4.47. The van der Waals surface area contributed by atoms with E-state index in [4.69, 9.17) is 0 Å². The van der Waals surface area contributed by atoms with Crippen LogP contribution in [0.15, 0.2) is 0 Å². The highest BCUT2D eigenvalue weighted by Crippen LogP contribution is 2.20. The molecule has 0 aliphatic carbocycles. The van der Waals surface area contributed by atoms with Crippen molar-refractivity contribution in [1.29, 1.82) is 0 Å². The first-order valence-electron chi connectivity index (χ1n) is 4.83. The molecule has 2 atom stereocenters. The second-order valence-corrected chi connectivity index (χ2v) is 7.02. The van der Waals surface area contributed by atoms with Gasteiger partial charge in [0.2, 0.25) is 0 Å². The van der Waals surface area contributed by atoms with Crippen molar-refractivity contribution in [3.63, 3.8) is 0 Å². The van der Waals surface area contributed by atoms with Crippen LogP contribution in [-0.4, -0.2) is 39.3 Å². The summed E-state index contributed by atoms with van der Waals surface area (Å²) in [6, 6.07) is 0. The first kappa shape index (κ1) is 15.8. The molecule has 2 unspecified atom stereocenters. The summed E-state index contributed by atoms with van der Waals surface area (Å²) in [7, 11) is 0. The van der Waals surface area contributed by atoms with E-state index < -0.39 is 0 Å². The maximum absolute atomic E-state index is 4.47. The molecule has 0 aromatic heterocycles. The molecule has 0 aromatic carbocycles. The van der Waals surface area contributed by atoms with Crippen LogP contribution in [0.4, 0.5) is 0 Å². The van der Waals surface area contributed by atoms with E-state index in [0.29, 0.717) is 10.5 Å². The first-order chi connectivity index (χ1) is 6.74. The van der Waals surface area contributed by atoms with Gasteiger partial charge in [0.25, 0.3) is 0 Å². The van der Waals surface area contributed by atoms with Crippen LogP contribution in [0, 0.1) is 0 Å². The van der Waals surface area contributed by atoms with Crippen LogP contribution in [0.1, 0.15) is 13.3 Å². The fourth-order valence-corrected chi connectivity index (χ4v) is 4.32. The van der Waals surface area contributed by atoms with Crippen molar-refractivity contribution in [2.24, 2.45) is 0 Å². The molecule has 0 N–H and O–H groups in total. The first-order valence-corrected chi connectivity index (χ1v) is 8.82. The van der Waals surface area contributed by atoms with Gasteiger partial charge in [-0.25, -0.2) is 0 Å². The molecule has 0 radical (unpaired) electrons. The minimum atomic E-state index is 0.551. The van der Waals surface area contributed by atoms with Crippen molar-refractivity contribution in [1.82, 2.24) is 0 Å². The van der Waals surface area contributed by atoms with Gasteiger partial charge in [-0.15, -0.1) is 0 Å². The van der Waals surface area contributed by atoms with E-state index in [2.05, 4.69) is 44.8 Å². The molecule has 0 saturated carbocycles. The third kappa shape index (κ3) is 9.01. The molecule has 0 nitrogen and oxygen atoms in total. The molecule has 14 heavy (non-hydrogen) atoms. The van der Waals surface area contributed by atoms with Gasteiger partial charge in [0.05, 0.1) is 0 Å². The smallest absolute Gasteiger partial charge is 0.0226 e. The Kier molecular flexibility index (Phi) is 12.6. The quantitative estimate of drug-likeness (QED) is 0.557. The van der Waals surface area contributed by atoms with Crippen molar-refractivity contribution < 1.29 is 0 Å². The predicted octanol–water partition coefficient (Wildman–Crippen LogP) is 3.39. The standard InChI is InChI=1S/C9H20S5/c1-2-8(12)6-13-7-9(5-11)14-4-3-10/h8-12H,2-7H2,1H3. The maximum Gasteiger partial charge on any atom is 0.0226 e. The monoisotopic (exact) mass is 288 g/mol. The topological polar surface area (TPSA) is 0 Å². The molecule has 0 fully saturated rings. The van der Waals surface area contributed by atoms with Gasteiger partial charge in [0.15, 0.2) is 0 Å². The van der Waals surface area contributed by atoms with E-state index in [1.54, 1.807) is 0 Å². The van der Waals surface area contributed by atoms with Crippen LogP contribution in [0.5, 0.6) is 0 Å². The SMILES string of the molecule is CCC(S)CSCC(CS)SCCS. The van der Waals surface area contributed by atoms with E-state index in [1.165, 1.54) is 5.75 Å².